The zero-order valence-electron chi connectivity index (χ0n) is 2.79. The van der Waals surface area contributed by atoms with E-state index in [1.807, 2.05) is 0 Å². The zero-order valence-corrected chi connectivity index (χ0v) is 4.95. The Morgan fingerprint density at radius 1 is 1.80 bits per heavy atom. The lowest BCUT2D eigenvalue weighted by atomic mass is 10.1. The van der Waals surface area contributed by atoms with Crippen LogP contribution in [0.15, 0.2) is 3.58 Å². The molecule has 0 aromatic heterocycles. The highest BCUT2D eigenvalue weighted by molar-refractivity contribution is 14.1. The maximum Gasteiger partial charge on any atom is -0.00556 e. The summed E-state index contributed by atoms with van der Waals surface area (Å²) in [6.45, 7) is 0. The minimum Gasteiger partial charge on any atom is -0.0488 e. The molecule has 0 bridgehead atoms. The molecule has 0 nitrogen and oxygen atoms in total. The van der Waals surface area contributed by atoms with Crippen LogP contribution in [0.1, 0.15) is 12.8 Å². The first-order valence-electron chi connectivity index (χ1n) is 1.65. The van der Waals surface area contributed by atoms with Gasteiger partial charge in [0.05, 0.1) is 0 Å². The van der Waals surface area contributed by atoms with Crippen LogP contribution < -0.4 is 0 Å². The maximum absolute atomic E-state index is 3.11. The van der Waals surface area contributed by atoms with Crippen molar-refractivity contribution in [2.24, 2.45) is 0 Å². The summed E-state index contributed by atoms with van der Waals surface area (Å²) in [5, 5.41) is 0. The van der Waals surface area contributed by atoms with E-state index in [0.29, 0.717) is 0 Å². The van der Waals surface area contributed by atoms with Crippen molar-refractivity contribution in [3.05, 3.63) is 9.66 Å². The predicted molar refractivity (Wildman–Crippen MR) is 30.0 cm³/mol. The van der Waals surface area contributed by atoms with Crippen molar-refractivity contribution in [1.82, 2.24) is 0 Å². The van der Waals surface area contributed by atoms with E-state index in [0.717, 1.165) is 0 Å². The molecule has 0 atom stereocenters. The lowest BCUT2D eigenvalue weighted by molar-refractivity contribution is 0.919. The van der Waals surface area contributed by atoms with Crippen molar-refractivity contribution in [2.75, 3.05) is 0 Å². The third kappa shape index (κ3) is 0.651. The Kier molecular flexibility index (Phi) is 0.939. The molecule has 1 aliphatic rings. The zero-order chi connectivity index (χ0) is 3.70. The predicted octanol–water partition coefficient (Wildman–Crippen LogP) is 1.90. The van der Waals surface area contributed by atoms with Crippen LogP contribution in [-0.4, -0.2) is 0 Å². The molecule has 0 fully saturated rings. The maximum atomic E-state index is 3.11. The van der Waals surface area contributed by atoms with E-state index in [-0.39, 0.29) is 0 Å². The molecule has 1 aliphatic carbocycles. The molecular weight excluding hydrogens is 175 g/mol. The SMILES string of the molecule is IC1=[C]CC1. The Morgan fingerprint density at radius 2 is 2.20 bits per heavy atom. The number of hydrogen-bond acceptors (Lipinski definition) is 0. The lowest BCUT2D eigenvalue weighted by Crippen LogP contribution is -1.82. The van der Waals surface area contributed by atoms with Crippen molar-refractivity contribution in [3.8, 4) is 0 Å². The number of rotatable bonds is 0. The second-order valence-corrected chi connectivity index (χ2v) is 2.38. The standard InChI is InChI=1S/C4H4I/c5-4-2-1-3-4/h1-2H2. The van der Waals surface area contributed by atoms with Gasteiger partial charge in [-0.2, -0.15) is 0 Å². The summed E-state index contributed by atoms with van der Waals surface area (Å²) in [5.74, 6) is 0. The molecule has 0 aromatic carbocycles. The Bertz CT molecular complexity index is 64.0. The Morgan fingerprint density at radius 3 is 2.20 bits per heavy atom. The van der Waals surface area contributed by atoms with Crippen molar-refractivity contribution in [3.63, 3.8) is 0 Å². The number of allylic oxidation sites excluding steroid dienone is 2. The van der Waals surface area contributed by atoms with Crippen molar-refractivity contribution in [2.45, 2.75) is 12.8 Å². The monoisotopic (exact) mass is 179 g/mol. The third-order valence-corrected chi connectivity index (χ3v) is 1.58. The molecular formula is C4H4I. The van der Waals surface area contributed by atoms with E-state index in [4.69, 9.17) is 0 Å². The molecule has 0 unspecified atom stereocenters. The Labute approximate surface area is 45.4 Å². The third-order valence-electron chi connectivity index (χ3n) is 0.661. The molecule has 1 heteroatoms. The Balaban J connectivity index is 2.51. The first-order chi connectivity index (χ1) is 2.39. The second kappa shape index (κ2) is 1.29. The average molecular weight is 179 g/mol. The number of halogens is 1. The van der Waals surface area contributed by atoms with Gasteiger partial charge in [-0.1, -0.05) is 0 Å². The number of hydrogen-bond donors (Lipinski definition) is 0. The first-order valence-corrected chi connectivity index (χ1v) is 2.72. The summed E-state index contributed by atoms with van der Waals surface area (Å²) >= 11 is 2.30. The first kappa shape index (κ1) is 3.65. The Hall–Kier alpha value is 0.470. The lowest BCUT2D eigenvalue weighted by Gasteiger charge is -2.01. The summed E-state index contributed by atoms with van der Waals surface area (Å²) in [6.07, 6.45) is 5.58. The highest BCUT2D eigenvalue weighted by Gasteiger charge is 1.98. The van der Waals surface area contributed by atoms with Crippen LogP contribution in [0.2, 0.25) is 0 Å². The van der Waals surface area contributed by atoms with Crippen LogP contribution in [-0.2, 0) is 0 Å². The van der Waals surface area contributed by atoms with Crippen LogP contribution in [0.25, 0.3) is 0 Å². The van der Waals surface area contributed by atoms with Crippen LogP contribution in [0.3, 0.4) is 0 Å². The van der Waals surface area contributed by atoms with Gasteiger partial charge >= 0.3 is 0 Å². The van der Waals surface area contributed by atoms with E-state index >= 15 is 0 Å². The highest BCUT2D eigenvalue weighted by Crippen LogP contribution is 2.22. The van der Waals surface area contributed by atoms with Crippen molar-refractivity contribution < 1.29 is 0 Å². The van der Waals surface area contributed by atoms with E-state index < -0.39 is 0 Å². The van der Waals surface area contributed by atoms with E-state index in [2.05, 4.69) is 28.7 Å². The van der Waals surface area contributed by atoms with Crippen LogP contribution in [0, 0.1) is 6.08 Å². The summed E-state index contributed by atoms with van der Waals surface area (Å²) in [6, 6.07) is 0. The van der Waals surface area contributed by atoms with E-state index in [1.54, 1.807) is 0 Å². The molecule has 1 radical (unpaired) electrons. The van der Waals surface area contributed by atoms with Gasteiger partial charge in [0.15, 0.2) is 0 Å². The second-order valence-electron chi connectivity index (χ2n) is 1.08. The van der Waals surface area contributed by atoms with Gasteiger partial charge in [-0.15, -0.1) is 0 Å². The molecule has 0 spiro atoms. The molecule has 0 N–H and O–H groups in total. The normalized spacial score (nSPS) is 20.6. The van der Waals surface area contributed by atoms with Crippen LogP contribution in [0.5, 0.6) is 0 Å². The molecule has 0 amide bonds. The highest BCUT2D eigenvalue weighted by atomic mass is 127. The van der Waals surface area contributed by atoms with Gasteiger partial charge < -0.3 is 0 Å². The molecule has 0 heterocycles. The average Bonchev–Trinajstić information content (AvgIpc) is 1.30. The molecule has 27 valence electrons. The fraction of sp³-hybridized carbons (Fsp3) is 0.500. The topological polar surface area (TPSA) is 0 Å². The smallest absolute Gasteiger partial charge is 0.00556 e. The van der Waals surface area contributed by atoms with Crippen LogP contribution >= 0.6 is 22.6 Å². The summed E-state index contributed by atoms with van der Waals surface area (Å²) < 4.78 is 1.41. The van der Waals surface area contributed by atoms with E-state index in [1.165, 1.54) is 16.4 Å². The summed E-state index contributed by atoms with van der Waals surface area (Å²) in [5.41, 5.74) is 0. The minimum atomic E-state index is 1.19. The van der Waals surface area contributed by atoms with Crippen molar-refractivity contribution >= 4 is 22.6 Å². The van der Waals surface area contributed by atoms with Gasteiger partial charge in [-0.05, 0) is 45.1 Å². The van der Waals surface area contributed by atoms with Crippen LogP contribution in [0.4, 0.5) is 0 Å². The molecule has 5 heavy (non-hydrogen) atoms. The minimum absolute atomic E-state index is 1.19. The molecule has 1 rings (SSSR count). The van der Waals surface area contributed by atoms with Gasteiger partial charge in [-0.3, -0.25) is 0 Å². The molecule has 0 aromatic rings. The quantitative estimate of drug-likeness (QED) is 0.498. The van der Waals surface area contributed by atoms with Gasteiger partial charge in [0, 0.05) is 0 Å². The molecule has 0 saturated carbocycles. The largest absolute Gasteiger partial charge is 0.0488 e. The van der Waals surface area contributed by atoms with Gasteiger partial charge in [-0.25, -0.2) is 0 Å². The summed E-state index contributed by atoms with van der Waals surface area (Å²) in [4.78, 5) is 0. The van der Waals surface area contributed by atoms with Gasteiger partial charge in [0.25, 0.3) is 0 Å². The fourth-order valence-corrected chi connectivity index (χ4v) is 0.759. The molecule has 0 saturated heterocycles. The van der Waals surface area contributed by atoms with Gasteiger partial charge in [0.2, 0.25) is 0 Å². The summed E-state index contributed by atoms with van der Waals surface area (Å²) in [7, 11) is 0. The fourth-order valence-electron chi connectivity index (χ4n) is 0.219. The van der Waals surface area contributed by atoms with Crippen molar-refractivity contribution in [1.29, 1.82) is 0 Å². The van der Waals surface area contributed by atoms with Gasteiger partial charge in [0.1, 0.15) is 0 Å². The van der Waals surface area contributed by atoms with E-state index in [9.17, 15) is 0 Å². The molecule has 0 aliphatic heterocycles.